The zero-order chi connectivity index (χ0) is 12.3. The van der Waals surface area contributed by atoms with Crippen LogP contribution in [0.15, 0.2) is 45.7 Å². The van der Waals surface area contributed by atoms with Crippen LogP contribution in [-0.2, 0) is 6.54 Å². The second kappa shape index (κ2) is 5.14. The van der Waals surface area contributed by atoms with E-state index in [1.54, 1.807) is 42.6 Å². The van der Waals surface area contributed by atoms with Crippen molar-refractivity contribution in [1.29, 1.82) is 0 Å². The lowest BCUT2D eigenvalue weighted by Crippen LogP contribution is -2.26. The summed E-state index contributed by atoms with van der Waals surface area (Å²) < 4.78 is 5.90. The number of nitrogens with zero attached hydrogens (tertiary/aromatic N) is 2. The van der Waals surface area contributed by atoms with E-state index in [-0.39, 0.29) is 5.91 Å². The maximum absolute atomic E-state index is 12.0. The highest BCUT2D eigenvalue weighted by Gasteiger charge is 2.13. The minimum atomic E-state index is -0.0820. The van der Waals surface area contributed by atoms with Crippen LogP contribution in [0.2, 0.25) is 0 Å². The van der Waals surface area contributed by atoms with E-state index in [2.05, 4.69) is 20.9 Å². The predicted octanol–water partition coefficient (Wildman–Crippen LogP) is 2.71. The van der Waals surface area contributed by atoms with Crippen LogP contribution in [-0.4, -0.2) is 22.8 Å². The second-order valence-corrected chi connectivity index (χ2v) is 4.42. The van der Waals surface area contributed by atoms with Crippen LogP contribution in [0, 0.1) is 0 Å². The number of furan rings is 1. The molecule has 1 amide bonds. The van der Waals surface area contributed by atoms with Gasteiger partial charge in [0.1, 0.15) is 10.4 Å². The summed E-state index contributed by atoms with van der Waals surface area (Å²) in [5, 5.41) is 0. The number of rotatable bonds is 3. The van der Waals surface area contributed by atoms with Gasteiger partial charge in [-0.3, -0.25) is 4.79 Å². The molecule has 2 rings (SSSR count). The average Bonchev–Trinajstić information content (AvgIpc) is 2.82. The van der Waals surface area contributed by atoms with E-state index < -0.39 is 0 Å². The van der Waals surface area contributed by atoms with E-state index in [9.17, 15) is 4.79 Å². The number of halogens is 1. The van der Waals surface area contributed by atoms with Crippen molar-refractivity contribution < 1.29 is 9.21 Å². The Hall–Kier alpha value is -1.62. The molecule has 0 N–H and O–H groups in total. The van der Waals surface area contributed by atoms with Gasteiger partial charge in [0.05, 0.1) is 18.4 Å². The first-order chi connectivity index (χ1) is 8.16. The van der Waals surface area contributed by atoms with Gasteiger partial charge in [0.15, 0.2) is 0 Å². The number of aromatic nitrogens is 1. The fourth-order valence-electron chi connectivity index (χ4n) is 1.43. The number of hydrogen-bond acceptors (Lipinski definition) is 3. The maximum Gasteiger partial charge on any atom is 0.255 e. The lowest BCUT2D eigenvalue weighted by atomic mass is 10.2. The van der Waals surface area contributed by atoms with Crippen molar-refractivity contribution in [1.82, 2.24) is 9.88 Å². The van der Waals surface area contributed by atoms with E-state index in [0.717, 1.165) is 5.76 Å². The third-order valence-electron chi connectivity index (χ3n) is 2.29. The molecule has 0 fully saturated rings. The van der Waals surface area contributed by atoms with Crippen LogP contribution in [0.25, 0.3) is 0 Å². The Kier molecular flexibility index (Phi) is 3.58. The Labute approximate surface area is 107 Å². The molecule has 5 heteroatoms. The molecule has 0 radical (unpaired) electrons. The van der Waals surface area contributed by atoms with Gasteiger partial charge in [-0.05, 0) is 40.2 Å². The minimum Gasteiger partial charge on any atom is -0.467 e. The van der Waals surface area contributed by atoms with E-state index in [1.807, 2.05) is 6.07 Å². The highest BCUT2D eigenvalue weighted by atomic mass is 79.9. The largest absolute Gasteiger partial charge is 0.467 e. The molecule has 0 saturated carbocycles. The number of carbonyl (C=O) groups is 1. The van der Waals surface area contributed by atoms with Gasteiger partial charge >= 0.3 is 0 Å². The molecule has 2 aromatic heterocycles. The van der Waals surface area contributed by atoms with Gasteiger partial charge in [0.2, 0.25) is 0 Å². The normalized spacial score (nSPS) is 10.2. The number of pyridine rings is 1. The quantitative estimate of drug-likeness (QED) is 0.818. The zero-order valence-electron chi connectivity index (χ0n) is 9.26. The molecule has 0 aliphatic heterocycles. The minimum absolute atomic E-state index is 0.0820. The summed E-state index contributed by atoms with van der Waals surface area (Å²) in [5.74, 6) is 0.673. The van der Waals surface area contributed by atoms with Crippen LogP contribution >= 0.6 is 15.9 Å². The van der Waals surface area contributed by atoms with Crippen molar-refractivity contribution in [3.05, 3.63) is 52.7 Å². The molecule has 17 heavy (non-hydrogen) atoms. The first-order valence-electron chi connectivity index (χ1n) is 5.06. The van der Waals surface area contributed by atoms with Gasteiger partial charge in [-0.15, -0.1) is 0 Å². The number of carbonyl (C=O) groups excluding carboxylic acids is 1. The third kappa shape index (κ3) is 2.94. The molecule has 0 aliphatic carbocycles. The molecule has 0 aliphatic rings. The van der Waals surface area contributed by atoms with Crippen molar-refractivity contribution >= 4 is 21.8 Å². The smallest absolute Gasteiger partial charge is 0.255 e. The highest BCUT2D eigenvalue weighted by Crippen LogP contribution is 2.10. The Bertz CT molecular complexity index is 494. The average molecular weight is 295 g/mol. The standard InChI is InChI=1S/C12H11BrN2O2/c1-15(8-10-3-2-6-17-10)12(16)9-4-5-11(13)14-7-9/h2-7H,8H2,1H3. The number of amides is 1. The fourth-order valence-corrected chi connectivity index (χ4v) is 1.67. The zero-order valence-corrected chi connectivity index (χ0v) is 10.8. The SMILES string of the molecule is CN(Cc1ccco1)C(=O)c1ccc(Br)nc1. The van der Waals surface area contributed by atoms with E-state index in [0.29, 0.717) is 16.7 Å². The van der Waals surface area contributed by atoms with Crippen LogP contribution in [0.1, 0.15) is 16.1 Å². The Balaban J connectivity index is 2.07. The summed E-state index contributed by atoms with van der Waals surface area (Å²) in [6.45, 7) is 0.446. The lowest BCUT2D eigenvalue weighted by molar-refractivity contribution is 0.0775. The fraction of sp³-hybridized carbons (Fsp3) is 0.167. The molecule has 4 nitrogen and oxygen atoms in total. The molecule has 0 bridgehead atoms. The Morgan fingerprint density at radius 2 is 2.29 bits per heavy atom. The molecule has 2 heterocycles. The van der Waals surface area contributed by atoms with E-state index >= 15 is 0 Å². The first-order valence-corrected chi connectivity index (χ1v) is 5.85. The van der Waals surface area contributed by atoms with Crippen LogP contribution in [0.3, 0.4) is 0 Å². The van der Waals surface area contributed by atoms with Gasteiger partial charge < -0.3 is 9.32 Å². The maximum atomic E-state index is 12.0. The van der Waals surface area contributed by atoms with E-state index in [4.69, 9.17) is 4.42 Å². The molecular formula is C12H11BrN2O2. The second-order valence-electron chi connectivity index (χ2n) is 3.61. The molecule has 0 saturated heterocycles. The first kappa shape index (κ1) is 11.9. The summed E-state index contributed by atoms with van der Waals surface area (Å²) in [7, 11) is 1.73. The van der Waals surface area contributed by atoms with Gasteiger partial charge in [0, 0.05) is 13.2 Å². The van der Waals surface area contributed by atoms with Crippen molar-refractivity contribution in [3.63, 3.8) is 0 Å². The molecule has 88 valence electrons. The van der Waals surface area contributed by atoms with Crippen LogP contribution in [0.4, 0.5) is 0 Å². The summed E-state index contributed by atoms with van der Waals surface area (Å²) in [4.78, 5) is 17.6. The summed E-state index contributed by atoms with van der Waals surface area (Å²) >= 11 is 3.23. The summed E-state index contributed by atoms with van der Waals surface area (Å²) in [5.41, 5.74) is 0.558. The van der Waals surface area contributed by atoms with Gasteiger partial charge in [-0.1, -0.05) is 0 Å². The molecule has 2 aromatic rings. The van der Waals surface area contributed by atoms with Crippen molar-refractivity contribution in [2.75, 3.05) is 7.05 Å². The Morgan fingerprint density at radius 3 is 2.88 bits per heavy atom. The monoisotopic (exact) mass is 294 g/mol. The number of hydrogen-bond donors (Lipinski definition) is 0. The van der Waals surface area contributed by atoms with Gasteiger partial charge in [-0.25, -0.2) is 4.98 Å². The van der Waals surface area contributed by atoms with Gasteiger partial charge in [-0.2, -0.15) is 0 Å². The van der Waals surface area contributed by atoms with Gasteiger partial charge in [0.25, 0.3) is 5.91 Å². The van der Waals surface area contributed by atoms with Crippen LogP contribution in [0.5, 0.6) is 0 Å². The highest BCUT2D eigenvalue weighted by molar-refractivity contribution is 9.10. The third-order valence-corrected chi connectivity index (χ3v) is 2.76. The molecule has 0 unspecified atom stereocenters. The Morgan fingerprint density at radius 1 is 1.47 bits per heavy atom. The lowest BCUT2D eigenvalue weighted by Gasteiger charge is -2.15. The van der Waals surface area contributed by atoms with E-state index in [1.165, 1.54) is 0 Å². The molecule has 0 aromatic carbocycles. The topological polar surface area (TPSA) is 46.3 Å². The van der Waals surface area contributed by atoms with Crippen molar-refractivity contribution in [2.45, 2.75) is 6.54 Å². The molecule has 0 atom stereocenters. The predicted molar refractivity (Wildman–Crippen MR) is 66.4 cm³/mol. The van der Waals surface area contributed by atoms with Crippen molar-refractivity contribution in [3.8, 4) is 0 Å². The summed E-state index contributed by atoms with van der Waals surface area (Å²) in [6, 6.07) is 7.12. The van der Waals surface area contributed by atoms with Crippen molar-refractivity contribution in [2.24, 2.45) is 0 Å². The summed E-state index contributed by atoms with van der Waals surface area (Å²) in [6.07, 6.45) is 3.14. The molecule has 0 spiro atoms. The van der Waals surface area contributed by atoms with Crippen LogP contribution < -0.4 is 0 Å². The molecular weight excluding hydrogens is 284 g/mol.